The van der Waals surface area contributed by atoms with Crippen LogP contribution < -0.4 is 21.2 Å². The van der Waals surface area contributed by atoms with Crippen molar-refractivity contribution in [1.29, 1.82) is 0 Å². The molecule has 5 radical (unpaired) electrons. The van der Waals surface area contributed by atoms with Crippen LogP contribution in [0, 0.1) is 25.7 Å². The number of hydrogen-bond acceptors (Lipinski definition) is 2. The zero-order valence-electron chi connectivity index (χ0n) is 27.2. The first-order valence-electron chi connectivity index (χ1n) is 16.2. The molecule has 2 saturated heterocycles. The van der Waals surface area contributed by atoms with Gasteiger partial charge in [0.15, 0.2) is 0 Å². The fourth-order valence-corrected chi connectivity index (χ4v) is 11.8. The molecule has 3 aliphatic rings. The van der Waals surface area contributed by atoms with Crippen molar-refractivity contribution in [2.45, 2.75) is 49.2 Å². The Morgan fingerprint density at radius 1 is 0.420 bits per heavy atom. The predicted octanol–water partition coefficient (Wildman–Crippen LogP) is 10.5. The molecule has 4 atom stereocenters. The van der Waals surface area contributed by atoms with Gasteiger partial charge in [-0.3, -0.25) is 0 Å². The molecule has 0 spiro atoms. The topological polar surface area (TPSA) is 18.5 Å². The number of rotatable bonds is 6. The van der Waals surface area contributed by atoms with Gasteiger partial charge in [-0.2, -0.15) is 0 Å². The summed E-state index contributed by atoms with van der Waals surface area (Å²) in [5.41, 5.74) is 0.719. The fraction of sp³-hybridized carbons (Fsp3) is 0.263. The zero-order valence-corrected chi connectivity index (χ0v) is 32.2. The molecule has 4 aromatic rings. The molecular weight excluding hydrogens is 888 g/mol. The molecule has 0 aromatic heterocycles. The molecule has 3 fully saturated rings. The van der Waals surface area contributed by atoms with Crippen molar-refractivity contribution in [3.8, 4) is 0 Å². The zero-order chi connectivity index (χ0) is 34.8. The molecule has 2 heterocycles. The predicted molar refractivity (Wildman–Crippen MR) is 194 cm³/mol. The maximum atomic E-state index is 9.87. The summed E-state index contributed by atoms with van der Waals surface area (Å²) in [6, 6.07) is 43.9. The van der Waals surface area contributed by atoms with Crippen LogP contribution in [0.15, 0.2) is 121 Å². The molecule has 1 saturated carbocycles. The maximum Gasteiger partial charge on any atom is 0.0939 e. The molecule has 271 valence electrons. The van der Waals surface area contributed by atoms with Crippen molar-refractivity contribution >= 4 is 44.9 Å². The van der Waals surface area contributed by atoms with Gasteiger partial charge in [0.2, 0.25) is 0 Å². The summed E-state index contributed by atoms with van der Waals surface area (Å²) in [6.45, 7) is 1.52. The van der Waals surface area contributed by atoms with Crippen molar-refractivity contribution in [2.24, 2.45) is 0 Å². The number of hydrogen-bond donors (Lipinski definition) is 0. The Labute approximate surface area is 307 Å². The Balaban J connectivity index is 0.000000293. The summed E-state index contributed by atoms with van der Waals surface area (Å²) < 4.78 is 72.5. The molecular formula is C38H40F6IrO2P3-. The molecule has 4 aromatic carbocycles. The van der Waals surface area contributed by atoms with Crippen molar-refractivity contribution in [2.75, 3.05) is 13.2 Å². The second-order valence-corrected chi connectivity index (χ2v) is 18.7. The normalized spacial score (nSPS) is 23.4. The van der Waals surface area contributed by atoms with Crippen LogP contribution in [0.4, 0.5) is 25.2 Å². The van der Waals surface area contributed by atoms with Crippen molar-refractivity contribution in [1.82, 2.24) is 0 Å². The Morgan fingerprint density at radius 3 is 0.860 bits per heavy atom. The van der Waals surface area contributed by atoms with Gasteiger partial charge < -0.3 is 9.47 Å². The molecule has 0 amide bonds. The summed E-state index contributed by atoms with van der Waals surface area (Å²) in [7, 11) is -11.8. The monoisotopic (exact) mass is 928 g/mol. The van der Waals surface area contributed by atoms with Gasteiger partial charge in [0.05, 0.1) is 25.4 Å². The van der Waals surface area contributed by atoms with E-state index in [1.807, 2.05) is 0 Å². The second-order valence-electron chi connectivity index (χ2n) is 11.9. The number of benzene rings is 4. The minimum Gasteiger partial charge on any atom is -0.374 e. The minimum absolute atomic E-state index is 0. The van der Waals surface area contributed by atoms with E-state index in [0.717, 1.165) is 13.2 Å². The molecule has 0 bridgehead atoms. The Bertz CT molecular complexity index is 1350. The molecule has 50 heavy (non-hydrogen) atoms. The van der Waals surface area contributed by atoms with Gasteiger partial charge in [0, 0.05) is 31.4 Å². The first-order chi connectivity index (χ1) is 23.3. The minimum atomic E-state index is -10.7. The van der Waals surface area contributed by atoms with Gasteiger partial charge in [-0.25, -0.2) is 0 Å². The van der Waals surface area contributed by atoms with Crippen LogP contribution in [-0.2, 0) is 29.6 Å². The number of halogens is 6. The second kappa shape index (κ2) is 17.9. The Kier molecular flexibility index (Phi) is 14.7. The third-order valence-electron chi connectivity index (χ3n) is 8.14. The summed E-state index contributed by atoms with van der Waals surface area (Å²) >= 11 is 0. The van der Waals surface area contributed by atoms with Crippen LogP contribution in [-0.4, -0.2) is 36.7 Å². The summed E-state index contributed by atoms with van der Waals surface area (Å²) in [5, 5.41) is 5.61. The van der Waals surface area contributed by atoms with Crippen LogP contribution in [0.25, 0.3) is 0 Å². The van der Waals surface area contributed by atoms with Gasteiger partial charge in [-0.05, 0) is 88.4 Å². The Morgan fingerprint density at radius 2 is 0.640 bits per heavy atom. The number of ether oxygens (including phenoxy) is 2. The van der Waals surface area contributed by atoms with Crippen LogP contribution >= 0.6 is 23.7 Å². The molecule has 12 heteroatoms. The largest absolute Gasteiger partial charge is 0.374 e. The average Bonchev–Trinajstić information content (AvgIpc) is 3.66. The van der Waals surface area contributed by atoms with Gasteiger partial charge in [0.25, 0.3) is 0 Å². The van der Waals surface area contributed by atoms with Crippen LogP contribution in [0.3, 0.4) is 0 Å². The quantitative estimate of drug-likeness (QED) is 0.142. The van der Waals surface area contributed by atoms with E-state index in [1.54, 1.807) is 0 Å². The molecule has 2 nitrogen and oxygen atoms in total. The smallest absolute Gasteiger partial charge is 0.0939 e. The summed E-state index contributed by atoms with van der Waals surface area (Å²) in [6.07, 6.45) is 14.3. The first-order valence-corrected chi connectivity index (χ1v) is 21.1. The van der Waals surface area contributed by atoms with E-state index in [0.29, 0.717) is 11.3 Å². The van der Waals surface area contributed by atoms with Gasteiger partial charge in [0.1, 0.15) is 0 Å². The Hall–Kier alpha value is -1.68. The van der Waals surface area contributed by atoms with Gasteiger partial charge >= 0.3 is 33.0 Å². The van der Waals surface area contributed by atoms with Gasteiger partial charge in [-0.1, -0.05) is 121 Å². The molecule has 1 aliphatic carbocycles. The van der Waals surface area contributed by atoms with E-state index in [4.69, 9.17) is 9.47 Å². The molecule has 7 rings (SSSR count). The van der Waals surface area contributed by atoms with Crippen molar-refractivity contribution < 1.29 is 54.8 Å². The summed E-state index contributed by atoms with van der Waals surface area (Å²) in [5.74, 6) is 0. The van der Waals surface area contributed by atoms with E-state index in [-0.39, 0.29) is 32.3 Å². The van der Waals surface area contributed by atoms with Crippen molar-refractivity contribution in [3.05, 3.63) is 147 Å². The van der Waals surface area contributed by atoms with E-state index < -0.39 is 23.7 Å². The number of fused-ring (bicyclic) bond motifs is 1. The van der Waals surface area contributed by atoms with Gasteiger partial charge in [-0.15, -0.1) is 0 Å². The third-order valence-corrected chi connectivity index (χ3v) is 13.8. The van der Waals surface area contributed by atoms with E-state index in [2.05, 4.69) is 147 Å². The molecule has 0 N–H and O–H groups in total. The average molecular weight is 928 g/mol. The summed E-state index contributed by atoms with van der Waals surface area (Å²) in [4.78, 5) is 0. The van der Waals surface area contributed by atoms with Crippen LogP contribution in [0.5, 0.6) is 0 Å². The third kappa shape index (κ3) is 13.4. The van der Waals surface area contributed by atoms with Crippen molar-refractivity contribution in [3.63, 3.8) is 0 Å². The molecule has 0 unspecified atom stereocenters. The van der Waals surface area contributed by atoms with E-state index >= 15 is 0 Å². The van der Waals surface area contributed by atoms with E-state index in [9.17, 15) is 25.2 Å². The van der Waals surface area contributed by atoms with Crippen LogP contribution in [0.1, 0.15) is 25.7 Å². The van der Waals surface area contributed by atoms with E-state index in [1.165, 1.54) is 46.9 Å². The standard InChI is InChI=1S/C30H28O2P2.C8H12.F6P.Ir/c1-5-13-23(14-6-1)33(24-15-7-2-8-16-24)27-21-31-30-28(22-32-29(27)30)34(25-17-9-3-10-18-25)26-19-11-4-12-20-26;1-2-4-6-8-7-5-3-1;1-7(2,3,4,5)6;/h1-20,27-30H,21-22H2;1-2,7-8H,3-6H2;;/q;;-1;/t27-,28-,29-,30-;;;/m1.../s1. The van der Waals surface area contributed by atoms with Crippen LogP contribution in [0.2, 0.25) is 0 Å². The molecule has 2 aliphatic heterocycles. The fourth-order valence-electron chi connectivity index (χ4n) is 6.18. The first kappa shape index (κ1) is 41.1. The SMILES string of the molecule is F[P-](F)(F)(F)(F)F.[CH]1[CH]CC[CH][CH]CC1.[Ir].c1ccc(P(c2ccccc2)[C@@H]2CO[C@H]3[C@@H]2OC[C@H]3P(c2ccccc2)c2ccccc2)cc1. The maximum absolute atomic E-state index is 10.7.